The predicted molar refractivity (Wildman–Crippen MR) is 30.2 cm³/mol. The zero-order valence-electron chi connectivity index (χ0n) is 5.51. The second kappa shape index (κ2) is 6.15. The van der Waals surface area contributed by atoms with Crippen LogP contribution < -0.4 is 0 Å². The van der Waals surface area contributed by atoms with Gasteiger partial charge in [-0.1, -0.05) is 19.8 Å². The SMILES string of the molecule is CCC(=O)C(C)[C-]=O.[W+2]. The molecule has 0 fully saturated rings. The Bertz CT molecular complexity index is 101. The van der Waals surface area contributed by atoms with Gasteiger partial charge in [0.05, 0.1) is 0 Å². The molecule has 0 spiro atoms. The van der Waals surface area contributed by atoms with Crippen LogP contribution in [0.3, 0.4) is 0 Å². The summed E-state index contributed by atoms with van der Waals surface area (Å²) >= 11 is 0. The molecule has 0 radical (unpaired) electrons. The van der Waals surface area contributed by atoms with Crippen molar-refractivity contribution >= 4 is 12.1 Å². The fraction of sp³-hybridized carbons (Fsp3) is 0.667. The summed E-state index contributed by atoms with van der Waals surface area (Å²) in [4.78, 5) is 20.2. The van der Waals surface area contributed by atoms with E-state index in [1.165, 1.54) is 0 Å². The van der Waals surface area contributed by atoms with Gasteiger partial charge in [-0.05, 0) is 0 Å². The number of carbonyl (C=O) groups is 1. The van der Waals surface area contributed by atoms with Crippen LogP contribution in [0.2, 0.25) is 0 Å². The van der Waals surface area contributed by atoms with E-state index in [9.17, 15) is 9.59 Å². The summed E-state index contributed by atoms with van der Waals surface area (Å²) in [5.41, 5.74) is 0. The van der Waals surface area contributed by atoms with Gasteiger partial charge in [-0.2, -0.15) is 0 Å². The molecule has 0 aromatic rings. The first kappa shape index (κ1) is 11.8. The Hall–Kier alpha value is 0.0283. The fourth-order valence-electron chi connectivity index (χ4n) is 0.372. The van der Waals surface area contributed by atoms with Crippen LogP contribution in [0, 0.1) is 5.92 Å². The van der Waals surface area contributed by atoms with Crippen molar-refractivity contribution in [2.24, 2.45) is 5.92 Å². The van der Waals surface area contributed by atoms with Crippen molar-refractivity contribution in [3.05, 3.63) is 0 Å². The molecule has 0 aliphatic heterocycles. The molecule has 1 atom stereocenters. The average molecular weight is 297 g/mol. The van der Waals surface area contributed by atoms with Gasteiger partial charge < -0.3 is 9.59 Å². The standard InChI is InChI=1S/C6H9O2.W/c1-3-6(8)5(2)4-7;/h5H,3H2,1-2H3;/q-1;+2. The number of Topliss-reactive ketones (excluding diaryl/α,β-unsaturated/α-hetero) is 1. The first-order chi connectivity index (χ1) is 3.72. The minimum absolute atomic E-state index is 0. The molecule has 0 aliphatic rings. The van der Waals surface area contributed by atoms with Gasteiger partial charge in [0.25, 0.3) is 0 Å². The molecule has 50 valence electrons. The Balaban J connectivity index is 0. The summed E-state index contributed by atoms with van der Waals surface area (Å²) in [6, 6.07) is 0. The van der Waals surface area contributed by atoms with Gasteiger partial charge in [0, 0.05) is 6.42 Å². The van der Waals surface area contributed by atoms with Crippen molar-refractivity contribution in [3.63, 3.8) is 0 Å². The maximum absolute atomic E-state index is 10.5. The number of ketones is 1. The van der Waals surface area contributed by atoms with Crippen LogP contribution in [0.25, 0.3) is 0 Å². The van der Waals surface area contributed by atoms with Crippen molar-refractivity contribution in [1.29, 1.82) is 0 Å². The molecular weight excluding hydrogens is 288 g/mol. The Morgan fingerprint density at radius 2 is 2.11 bits per heavy atom. The van der Waals surface area contributed by atoms with Crippen molar-refractivity contribution in [2.45, 2.75) is 20.3 Å². The van der Waals surface area contributed by atoms with Gasteiger partial charge in [-0.3, -0.25) is 6.29 Å². The molecule has 0 bridgehead atoms. The third kappa shape index (κ3) is 4.53. The third-order valence-electron chi connectivity index (χ3n) is 1.01. The largest absolute Gasteiger partial charge is 2.00 e. The van der Waals surface area contributed by atoms with Crippen molar-refractivity contribution in [3.8, 4) is 0 Å². The molecule has 0 rings (SSSR count). The van der Waals surface area contributed by atoms with Gasteiger partial charge in [0.1, 0.15) is 5.78 Å². The number of hydrogen-bond donors (Lipinski definition) is 0. The van der Waals surface area contributed by atoms with E-state index in [2.05, 4.69) is 0 Å². The van der Waals surface area contributed by atoms with Gasteiger partial charge in [-0.15, -0.1) is 0 Å². The Morgan fingerprint density at radius 3 is 2.22 bits per heavy atom. The quantitative estimate of drug-likeness (QED) is 0.568. The smallest absolute Gasteiger partial charge is 0.541 e. The Labute approximate surface area is 69.3 Å². The molecule has 0 saturated heterocycles. The molecular formula is C6H9O2W+. The molecule has 0 saturated carbocycles. The maximum Gasteiger partial charge on any atom is 2.00 e. The fourth-order valence-corrected chi connectivity index (χ4v) is 0.372. The summed E-state index contributed by atoms with van der Waals surface area (Å²) in [5, 5.41) is 0. The number of carbonyl (C=O) groups excluding carboxylic acids is 2. The van der Waals surface area contributed by atoms with Crippen LogP contribution in [0.5, 0.6) is 0 Å². The first-order valence-corrected chi connectivity index (χ1v) is 2.62. The van der Waals surface area contributed by atoms with Gasteiger partial charge in [-0.25, -0.2) is 0 Å². The topological polar surface area (TPSA) is 34.1 Å². The molecule has 3 heteroatoms. The molecule has 0 heterocycles. The monoisotopic (exact) mass is 297 g/mol. The predicted octanol–water partition coefficient (Wildman–Crippen LogP) is 0.709. The second-order valence-electron chi connectivity index (χ2n) is 1.66. The van der Waals surface area contributed by atoms with E-state index < -0.39 is 5.92 Å². The van der Waals surface area contributed by atoms with Crippen LogP contribution in [-0.2, 0) is 30.7 Å². The number of hydrogen-bond acceptors (Lipinski definition) is 2. The molecule has 9 heavy (non-hydrogen) atoms. The van der Waals surface area contributed by atoms with Crippen LogP contribution in [0.4, 0.5) is 0 Å². The Morgan fingerprint density at radius 1 is 1.67 bits per heavy atom. The summed E-state index contributed by atoms with van der Waals surface area (Å²) < 4.78 is 0. The van der Waals surface area contributed by atoms with E-state index in [-0.39, 0.29) is 26.8 Å². The van der Waals surface area contributed by atoms with E-state index in [0.29, 0.717) is 6.42 Å². The van der Waals surface area contributed by atoms with E-state index in [0.717, 1.165) is 0 Å². The number of rotatable bonds is 3. The average Bonchev–Trinajstić information content (AvgIpc) is 1.84. The zero-order chi connectivity index (χ0) is 6.57. The summed E-state index contributed by atoms with van der Waals surface area (Å²) in [6.07, 6.45) is 2.04. The zero-order valence-corrected chi connectivity index (χ0v) is 8.44. The molecule has 0 aromatic carbocycles. The van der Waals surface area contributed by atoms with Gasteiger partial charge in [0.15, 0.2) is 0 Å². The maximum atomic E-state index is 10.5. The molecule has 0 aromatic heterocycles. The van der Waals surface area contributed by atoms with Crippen molar-refractivity contribution in [1.82, 2.24) is 0 Å². The van der Waals surface area contributed by atoms with Crippen molar-refractivity contribution < 1.29 is 30.7 Å². The van der Waals surface area contributed by atoms with Crippen LogP contribution in [0.15, 0.2) is 0 Å². The second-order valence-corrected chi connectivity index (χ2v) is 1.66. The van der Waals surface area contributed by atoms with E-state index in [1.54, 1.807) is 20.1 Å². The molecule has 0 aliphatic carbocycles. The Kier molecular flexibility index (Phi) is 8.05. The summed E-state index contributed by atoms with van der Waals surface area (Å²) in [5.74, 6) is -0.569. The van der Waals surface area contributed by atoms with Crippen molar-refractivity contribution in [2.75, 3.05) is 0 Å². The van der Waals surface area contributed by atoms with E-state index in [4.69, 9.17) is 0 Å². The van der Waals surface area contributed by atoms with E-state index in [1.807, 2.05) is 0 Å². The van der Waals surface area contributed by atoms with Crippen LogP contribution in [-0.4, -0.2) is 12.1 Å². The minimum Gasteiger partial charge on any atom is -0.541 e. The molecule has 0 N–H and O–H groups in total. The van der Waals surface area contributed by atoms with E-state index >= 15 is 0 Å². The first-order valence-electron chi connectivity index (χ1n) is 2.62. The van der Waals surface area contributed by atoms with Gasteiger partial charge in [0.2, 0.25) is 0 Å². The van der Waals surface area contributed by atoms with Crippen LogP contribution in [0.1, 0.15) is 20.3 Å². The molecule has 0 amide bonds. The molecule has 2 nitrogen and oxygen atoms in total. The normalized spacial score (nSPS) is 11.3. The van der Waals surface area contributed by atoms with Crippen LogP contribution >= 0.6 is 0 Å². The minimum atomic E-state index is -0.528. The molecule has 1 unspecified atom stereocenters. The van der Waals surface area contributed by atoms with Gasteiger partial charge >= 0.3 is 21.1 Å². The summed E-state index contributed by atoms with van der Waals surface area (Å²) in [7, 11) is 0. The third-order valence-corrected chi connectivity index (χ3v) is 1.01. The summed E-state index contributed by atoms with van der Waals surface area (Å²) in [6.45, 7) is 3.29.